The summed E-state index contributed by atoms with van der Waals surface area (Å²) in [5, 5.41) is 0. The second kappa shape index (κ2) is 12.0. The van der Waals surface area contributed by atoms with Gasteiger partial charge in [0.15, 0.2) is 0 Å². The molecular weight excluding hydrogens is 268 g/mol. The molecule has 0 N–H and O–H groups in total. The maximum Gasteiger partial charge on any atom is 0.142 e. The van der Waals surface area contributed by atoms with E-state index in [2.05, 4.69) is 65.8 Å². The number of hydrogen-bond donors (Lipinski definition) is 0. The average molecular weight is 300 g/mol. The Morgan fingerprint density at radius 3 is 2.14 bits per heavy atom. The lowest BCUT2D eigenvalue weighted by atomic mass is 9.96. The van der Waals surface area contributed by atoms with Crippen molar-refractivity contribution in [1.29, 1.82) is 0 Å². The van der Waals surface area contributed by atoms with Crippen molar-refractivity contribution in [2.75, 3.05) is 0 Å². The predicted octanol–water partition coefficient (Wildman–Crippen LogP) is 6.35. The molecule has 0 bridgehead atoms. The second-order valence-corrected chi connectivity index (χ2v) is 6.25. The molecule has 0 amide bonds. The second-order valence-electron chi connectivity index (χ2n) is 6.25. The third-order valence-corrected chi connectivity index (χ3v) is 3.55. The van der Waals surface area contributed by atoms with E-state index >= 15 is 0 Å². The Labute approximate surface area is 137 Å². The summed E-state index contributed by atoms with van der Waals surface area (Å²) >= 11 is 0. The highest BCUT2D eigenvalue weighted by atomic mass is 16.1. The largest absolute Gasteiger partial charge is 0.299 e. The molecule has 1 heteroatoms. The highest BCUT2D eigenvalue weighted by Gasteiger charge is 2.02. The fraction of sp³-hybridized carbons (Fsp3) is 0.476. The lowest BCUT2D eigenvalue weighted by Gasteiger charge is -2.10. The summed E-state index contributed by atoms with van der Waals surface area (Å²) in [5.74, 6) is 0.641. The van der Waals surface area contributed by atoms with Gasteiger partial charge in [-0.15, -0.1) is 0 Å². The molecule has 0 rings (SSSR count). The molecule has 0 saturated heterocycles. The Morgan fingerprint density at radius 2 is 1.55 bits per heavy atom. The Morgan fingerprint density at radius 1 is 0.955 bits per heavy atom. The van der Waals surface area contributed by atoms with Crippen LogP contribution < -0.4 is 0 Å². The number of rotatable bonds is 9. The zero-order chi connectivity index (χ0) is 17.0. The van der Waals surface area contributed by atoms with Gasteiger partial charge in [-0.05, 0) is 65.9 Å². The number of hydrogen-bond acceptors (Lipinski definition) is 1. The minimum Gasteiger partial charge on any atom is -0.299 e. The highest BCUT2D eigenvalue weighted by Crippen LogP contribution is 2.18. The molecule has 0 aromatic heterocycles. The molecule has 0 saturated carbocycles. The topological polar surface area (TPSA) is 17.1 Å². The van der Waals surface area contributed by atoms with Crippen molar-refractivity contribution in [1.82, 2.24) is 0 Å². The maximum atomic E-state index is 10.2. The molecule has 0 aromatic rings. The molecule has 0 unspecified atom stereocenters. The van der Waals surface area contributed by atoms with Gasteiger partial charge in [-0.2, -0.15) is 0 Å². The van der Waals surface area contributed by atoms with Crippen LogP contribution in [0, 0.1) is 5.92 Å². The number of carbonyl (C=O) groups excluding carboxylic acids is 1. The van der Waals surface area contributed by atoms with Crippen LogP contribution >= 0.6 is 0 Å². The minimum atomic E-state index is 0.641. The first-order valence-electron chi connectivity index (χ1n) is 8.16. The summed E-state index contributed by atoms with van der Waals surface area (Å²) in [6.45, 7) is 12.9. The Bertz CT molecular complexity index is 484. The molecule has 22 heavy (non-hydrogen) atoms. The summed E-state index contributed by atoms with van der Waals surface area (Å²) in [6, 6.07) is 0. The van der Waals surface area contributed by atoms with Crippen LogP contribution in [0.1, 0.15) is 60.8 Å². The molecule has 0 fully saturated rings. The van der Waals surface area contributed by atoms with E-state index in [1.807, 2.05) is 6.08 Å². The SMILES string of the molecule is C/C=C(C)/C=C(C)/C=C(C)/C=C(\C)C[C@@H](C)CC/C=C/C=O. The minimum absolute atomic E-state index is 0.641. The van der Waals surface area contributed by atoms with Gasteiger partial charge in [0.1, 0.15) is 6.29 Å². The van der Waals surface area contributed by atoms with Crippen LogP contribution in [0.3, 0.4) is 0 Å². The van der Waals surface area contributed by atoms with Crippen molar-refractivity contribution in [2.45, 2.75) is 60.8 Å². The van der Waals surface area contributed by atoms with Gasteiger partial charge in [0, 0.05) is 0 Å². The zero-order valence-electron chi connectivity index (χ0n) is 15.1. The van der Waals surface area contributed by atoms with Gasteiger partial charge < -0.3 is 0 Å². The van der Waals surface area contributed by atoms with E-state index < -0.39 is 0 Å². The summed E-state index contributed by atoms with van der Waals surface area (Å²) in [4.78, 5) is 10.2. The number of allylic oxidation sites excluding steroid dienone is 10. The van der Waals surface area contributed by atoms with Crippen molar-refractivity contribution in [3.63, 3.8) is 0 Å². The van der Waals surface area contributed by atoms with Gasteiger partial charge in [-0.1, -0.05) is 59.6 Å². The van der Waals surface area contributed by atoms with Crippen LogP contribution in [0.4, 0.5) is 0 Å². The first-order chi connectivity index (χ1) is 10.4. The van der Waals surface area contributed by atoms with E-state index in [1.165, 1.54) is 22.3 Å². The van der Waals surface area contributed by atoms with E-state index in [9.17, 15) is 4.79 Å². The number of aldehydes is 1. The van der Waals surface area contributed by atoms with E-state index in [4.69, 9.17) is 0 Å². The Hall–Kier alpha value is -1.63. The predicted molar refractivity (Wildman–Crippen MR) is 98.9 cm³/mol. The first kappa shape index (κ1) is 20.4. The van der Waals surface area contributed by atoms with E-state index in [-0.39, 0.29) is 0 Å². The maximum absolute atomic E-state index is 10.2. The van der Waals surface area contributed by atoms with Crippen LogP contribution in [0.15, 0.2) is 58.7 Å². The summed E-state index contributed by atoms with van der Waals surface area (Å²) in [7, 11) is 0. The third-order valence-electron chi connectivity index (χ3n) is 3.55. The van der Waals surface area contributed by atoms with Crippen LogP contribution in [0.5, 0.6) is 0 Å². The van der Waals surface area contributed by atoms with Crippen molar-refractivity contribution in [3.05, 3.63) is 58.7 Å². The molecule has 0 heterocycles. The Balaban J connectivity index is 4.54. The molecule has 1 atom stereocenters. The lowest BCUT2D eigenvalue weighted by Crippen LogP contribution is -1.95. The van der Waals surface area contributed by atoms with Crippen LogP contribution in [0.2, 0.25) is 0 Å². The van der Waals surface area contributed by atoms with E-state index in [1.54, 1.807) is 6.08 Å². The molecule has 0 aliphatic carbocycles. The average Bonchev–Trinajstić information content (AvgIpc) is 2.42. The zero-order valence-corrected chi connectivity index (χ0v) is 15.1. The molecular formula is C21H32O. The third kappa shape index (κ3) is 11.1. The van der Waals surface area contributed by atoms with Gasteiger partial charge in [0.05, 0.1) is 0 Å². The molecule has 0 spiro atoms. The number of carbonyl (C=O) groups is 1. The van der Waals surface area contributed by atoms with Crippen LogP contribution in [-0.4, -0.2) is 6.29 Å². The van der Waals surface area contributed by atoms with Crippen molar-refractivity contribution >= 4 is 6.29 Å². The quantitative estimate of drug-likeness (QED) is 0.275. The van der Waals surface area contributed by atoms with Crippen LogP contribution in [-0.2, 0) is 4.79 Å². The molecule has 0 aliphatic rings. The van der Waals surface area contributed by atoms with Gasteiger partial charge >= 0.3 is 0 Å². The van der Waals surface area contributed by atoms with Gasteiger partial charge in [0.25, 0.3) is 0 Å². The molecule has 1 nitrogen and oxygen atoms in total. The van der Waals surface area contributed by atoms with Gasteiger partial charge in [-0.25, -0.2) is 0 Å². The summed E-state index contributed by atoms with van der Waals surface area (Å²) < 4.78 is 0. The van der Waals surface area contributed by atoms with Gasteiger partial charge in [-0.3, -0.25) is 4.79 Å². The summed E-state index contributed by atoms with van der Waals surface area (Å²) in [6.07, 6.45) is 16.4. The molecule has 0 aliphatic heterocycles. The fourth-order valence-corrected chi connectivity index (χ4v) is 2.52. The van der Waals surface area contributed by atoms with Crippen molar-refractivity contribution in [3.8, 4) is 0 Å². The Kier molecular flexibility index (Phi) is 11.1. The normalized spacial score (nSPS) is 16.3. The first-order valence-corrected chi connectivity index (χ1v) is 8.16. The summed E-state index contributed by atoms with van der Waals surface area (Å²) in [5.41, 5.74) is 5.28. The van der Waals surface area contributed by atoms with Gasteiger partial charge in [0.2, 0.25) is 0 Å². The fourth-order valence-electron chi connectivity index (χ4n) is 2.52. The smallest absolute Gasteiger partial charge is 0.142 e. The standard InChI is InChI=1S/C21H32O/c1-7-17(2)13-19(4)15-21(6)16-20(5)14-18(3)11-9-8-10-12-22/h7-8,10,12-13,15-16,18H,9,11,14H2,1-6H3/b10-8+,17-7+,19-13+,20-16+,21-15+/t18-/m0/s1. The molecule has 0 aromatic carbocycles. The lowest BCUT2D eigenvalue weighted by molar-refractivity contribution is -0.104. The van der Waals surface area contributed by atoms with Crippen molar-refractivity contribution < 1.29 is 4.79 Å². The molecule has 122 valence electrons. The van der Waals surface area contributed by atoms with Crippen molar-refractivity contribution in [2.24, 2.45) is 5.92 Å². The molecule has 0 radical (unpaired) electrons. The van der Waals surface area contributed by atoms with E-state index in [0.29, 0.717) is 5.92 Å². The van der Waals surface area contributed by atoms with E-state index in [0.717, 1.165) is 25.5 Å². The van der Waals surface area contributed by atoms with Crippen LogP contribution in [0.25, 0.3) is 0 Å². The highest BCUT2D eigenvalue weighted by molar-refractivity contribution is 5.64. The monoisotopic (exact) mass is 300 g/mol.